The highest BCUT2D eigenvalue weighted by Gasteiger charge is 2.29. The van der Waals surface area contributed by atoms with Gasteiger partial charge in [-0.05, 0) is 37.5 Å². The summed E-state index contributed by atoms with van der Waals surface area (Å²) in [7, 11) is -0.632. The van der Waals surface area contributed by atoms with Gasteiger partial charge in [0.25, 0.3) is 0 Å². The zero-order chi connectivity index (χ0) is 19.5. The number of carbonyl (C=O) groups is 2. The molecule has 1 heterocycles. The van der Waals surface area contributed by atoms with Gasteiger partial charge in [0.05, 0.1) is 16.9 Å². The number of rotatable bonds is 5. The van der Waals surface area contributed by atoms with Crippen molar-refractivity contribution in [1.82, 2.24) is 14.5 Å². The summed E-state index contributed by atoms with van der Waals surface area (Å²) >= 11 is 0. The van der Waals surface area contributed by atoms with Gasteiger partial charge in [-0.15, -0.1) is 0 Å². The summed E-state index contributed by atoms with van der Waals surface area (Å²) in [4.78, 5) is 25.2. The molecule has 1 aliphatic rings. The minimum Gasteiger partial charge on any atom is -0.481 e. The molecule has 0 aromatic heterocycles. The van der Waals surface area contributed by atoms with Gasteiger partial charge in [0.1, 0.15) is 0 Å². The number of likely N-dealkylation sites (tertiary alicyclic amines) is 1. The van der Waals surface area contributed by atoms with Gasteiger partial charge in [0.15, 0.2) is 0 Å². The Morgan fingerprint density at radius 3 is 2.65 bits per heavy atom. The minimum absolute atomic E-state index is 0.157. The van der Waals surface area contributed by atoms with Crippen LogP contribution in [0.15, 0.2) is 29.2 Å². The maximum absolute atomic E-state index is 12.4. The molecule has 8 nitrogen and oxygen atoms in total. The molecule has 1 aromatic carbocycles. The van der Waals surface area contributed by atoms with Crippen molar-refractivity contribution in [3.8, 4) is 0 Å². The topological polar surface area (TPSA) is 107 Å². The Hall–Kier alpha value is -2.13. The van der Waals surface area contributed by atoms with E-state index in [1.165, 1.54) is 31.1 Å². The summed E-state index contributed by atoms with van der Waals surface area (Å²) in [5.41, 5.74) is 0.660. The lowest BCUT2D eigenvalue weighted by Crippen LogP contribution is -2.47. The number of carbonyl (C=O) groups excluding carboxylic acids is 1. The molecule has 1 fully saturated rings. The largest absolute Gasteiger partial charge is 0.481 e. The van der Waals surface area contributed by atoms with Gasteiger partial charge < -0.3 is 15.3 Å². The third kappa shape index (κ3) is 4.53. The van der Waals surface area contributed by atoms with Gasteiger partial charge in [0, 0.05) is 27.2 Å². The van der Waals surface area contributed by atoms with Gasteiger partial charge in [-0.2, -0.15) is 0 Å². The van der Waals surface area contributed by atoms with Crippen molar-refractivity contribution in [3.05, 3.63) is 29.8 Å². The van der Waals surface area contributed by atoms with Crippen LogP contribution in [0.4, 0.5) is 4.79 Å². The van der Waals surface area contributed by atoms with E-state index in [0.717, 1.165) is 4.31 Å². The fourth-order valence-corrected chi connectivity index (χ4v) is 3.84. The molecule has 2 rings (SSSR count). The lowest BCUT2D eigenvalue weighted by Gasteiger charge is -2.31. The number of piperidine rings is 1. The van der Waals surface area contributed by atoms with Crippen LogP contribution in [0.2, 0.25) is 0 Å². The summed E-state index contributed by atoms with van der Waals surface area (Å²) in [6, 6.07) is 5.67. The van der Waals surface area contributed by atoms with Crippen molar-refractivity contribution in [1.29, 1.82) is 0 Å². The van der Waals surface area contributed by atoms with E-state index in [1.54, 1.807) is 19.1 Å². The second-order valence-corrected chi connectivity index (χ2v) is 8.81. The number of nitrogens with one attached hydrogen (secondary N) is 1. The second-order valence-electron chi connectivity index (χ2n) is 6.65. The van der Waals surface area contributed by atoms with Crippen molar-refractivity contribution in [2.75, 3.05) is 27.2 Å². The van der Waals surface area contributed by atoms with Gasteiger partial charge in [-0.25, -0.2) is 17.5 Å². The second kappa shape index (κ2) is 8.05. The Kier molecular flexibility index (Phi) is 6.25. The van der Waals surface area contributed by atoms with Crippen molar-refractivity contribution in [2.24, 2.45) is 5.92 Å². The summed E-state index contributed by atoms with van der Waals surface area (Å²) in [5.74, 6) is -1.43. The van der Waals surface area contributed by atoms with Gasteiger partial charge >= 0.3 is 12.0 Å². The predicted octanol–water partition coefficient (Wildman–Crippen LogP) is 1.50. The highest BCUT2D eigenvalue weighted by molar-refractivity contribution is 7.89. The molecular formula is C17H25N3O5S. The molecule has 0 saturated carbocycles. The molecule has 2 atom stereocenters. The van der Waals surface area contributed by atoms with Crippen molar-refractivity contribution in [2.45, 2.75) is 30.7 Å². The van der Waals surface area contributed by atoms with E-state index in [4.69, 9.17) is 5.11 Å². The number of sulfonamides is 1. The van der Waals surface area contributed by atoms with Gasteiger partial charge in [0.2, 0.25) is 10.0 Å². The van der Waals surface area contributed by atoms with E-state index in [2.05, 4.69) is 5.32 Å². The fourth-order valence-electron chi connectivity index (χ4n) is 2.88. The number of hydrogen-bond acceptors (Lipinski definition) is 4. The van der Waals surface area contributed by atoms with Crippen LogP contribution in [0.3, 0.4) is 0 Å². The molecule has 2 N–H and O–H groups in total. The Bertz CT molecular complexity index is 778. The zero-order valence-corrected chi connectivity index (χ0v) is 16.0. The lowest BCUT2D eigenvalue weighted by atomic mass is 9.98. The molecule has 26 heavy (non-hydrogen) atoms. The first kappa shape index (κ1) is 20.2. The van der Waals surface area contributed by atoms with Crippen LogP contribution in [0.1, 0.15) is 31.4 Å². The van der Waals surface area contributed by atoms with Crippen LogP contribution < -0.4 is 5.32 Å². The number of hydrogen-bond donors (Lipinski definition) is 2. The average Bonchev–Trinajstić information content (AvgIpc) is 2.61. The first-order chi connectivity index (χ1) is 12.1. The zero-order valence-electron chi connectivity index (χ0n) is 15.2. The molecule has 0 radical (unpaired) electrons. The molecule has 1 aliphatic heterocycles. The van der Waals surface area contributed by atoms with Gasteiger partial charge in [-0.1, -0.05) is 12.1 Å². The lowest BCUT2D eigenvalue weighted by molar-refractivity contribution is -0.143. The number of carboxylic acid groups (broad SMARTS) is 1. The van der Waals surface area contributed by atoms with E-state index in [9.17, 15) is 18.0 Å². The van der Waals surface area contributed by atoms with Crippen molar-refractivity contribution in [3.63, 3.8) is 0 Å². The van der Waals surface area contributed by atoms with Crippen LogP contribution in [-0.2, 0) is 14.8 Å². The number of benzene rings is 1. The highest BCUT2D eigenvalue weighted by atomic mass is 32.2. The highest BCUT2D eigenvalue weighted by Crippen LogP contribution is 2.21. The molecule has 0 spiro atoms. The number of carboxylic acids is 1. The molecule has 144 valence electrons. The van der Waals surface area contributed by atoms with E-state index in [1.807, 2.05) is 0 Å². The molecule has 0 aliphatic carbocycles. The Labute approximate surface area is 153 Å². The predicted molar refractivity (Wildman–Crippen MR) is 96.2 cm³/mol. The average molecular weight is 383 g/mol. The summed E-state index contributed by atoms with van der Waals surface area (Å²) < 4.78 is 25.6. The minimum atomic E-state index is -3.55. The molecule has 2 unspecified atom stereocenters. The van der Waals surface area contributed by atoms with E-state index in [0.29, 0.717) is 24.9 Å². The third-order valence-electron chi connectivity index (χ3n) is 4.53. The van der Waals surface area contributed by atoms with Crippen molar-refractivity contribution < 1.29 is 23.1 Å². The van der Waals surface area contributed by atoms with Crippen LogP contribution in [0, 0.1) is 5.92 Å². The molecule has 1 aromatic rings. The number of nitrogens with zero attached hydrogens (tertiary/aromatic N) is 2. The van der Waals surface area contributed by atoms with Gasteiger partial charge in [-0.3, -0.25) is 4.79 Å². The summed E-state index contributed by atoms with van der Waals surface area (Å²) in [6.07, 6.45) is 1.22. The first-order valence-electron chi connectivity index (χ1n) is 8.43. The van der Waals surface area contributed by atoms with Crippen LogP contribution >= 0.6 is 0 Å². The van der Waals surface area contributed by atoms with Crippen LogP contribution in [0.5, 0.6) is 0 Å². The maximum Gasteiger partial charge on any atom is 0.317 e. The van der Waals surface area contributed by atoms with Crippen LogP contribution in [-0.4, -0.2) is 61.9 Å². The molecule has 9 heteroatoms. The fraction of sp³-hybridized carbons (Fsp3) is 0.529. The van der Waals surface area contributed by atoms with E-state index in [-0.39, 0.29) is 17.5 Å². The smallest absolute Gasteiger partial charge is 0.317 e. The molecule has 1 saturated heterocycles. The first-order valence-corrected chi connectivity index (χ1v) is 9.87. The summed E-state index contributed by atoms with van der Waals surface area (Å²) in [6.45, 7) is 2.46. The normalized spacial score (nSPS) is 19.2. The quantitative estimate of drug-likeness (QED) is 0.801. The molecule has 2 amide bonds. The van der Waals surface area contributed by atoms with Crippen LogP contribution in [0.25, 0.3) is 0 Å². The summed E-state index contributed by atoms with van der Waals surface area (Å²) in [5, 5.41) is 11.9. The monoisotopic (exact) mass is 383 g/mol. The third-order valence-corrected chi connectivity index (χ3v) is 6.35. The number of urea groups is 1. The Morgan fingerprint density at radius 2 is 2.04 bits per heavy atom. The molecular weight excluding hydrogens is 358 g/mol. The number of amides is 2. The maximum atomic E-state index is 12.4. The van der Waals surface area contributed by atoms with Crippen molar-refractivity contribution >= 4 is 22.0 Å². The standard InChI is InChI=1S/C17H25N3O5S/c1-12(13-6-4-8-15(10-13)26(24,25)19(2)3)18-17(23)20-9-5-7-14(11-20)16(21)22/h4,6,8,10,12,14H,5,7,9,11H2,1-3H3,(H,18,23)(H,21,22). The van der Waals surface area contributed by atoms with E-state index >= 15 is 0 Å². The Morgan fingerprint density at radius 1 is 1.35 bits per heavy atom. The number of aliphatic carboxylic acids is 1. The SMILES string of the molecule is CC(NC(=O)N1CCCC(C(=O)O)C1)c1cccc(S(=O)(=O)N(C)C)c1. The van der Waals surface area contributed by atoms with E-state index < -0.39 is 28.0 Å². The molecule has 0 bridgehead atoms. The Balaban J connectivity index is 2.09.